The zero-order valence-corrected chi connectivity index (χ0v) is 13.0. The quantitative estimate of drug-likeness (QED) is 0.500. The van der Waals surface area contributed by atoms with Crippen LogP contribution in [0.5, 0.6) is 0 Å². The molecule has 2 rings (SSSR count). The predicted octanol–water partition coefficient (Wildman–Crippen LogP) is 2.44. The van der Waals surface area contributed by atoms with E-state index in [0.717, 1.165) is 5.56 Å². The SMILES string of the molecule is O=C(NC(=S)NCCc1ccc([N+](=O)[O-])cc1)c1ccccc1. The van der Waals surface area contributed by atoms with Crippen molar-refractivity contribution >= 4 is 28.9 Å². The molecule has 1 amide bonds. The first-order chi connectivity index (χ1) is 11.1. The Labute approximate surface area is 138 Å². The predicted molar refractivity (Wildman–Crippen MR) is 91.3 cm³/mol. The highest BCUT2D eigenvalue weighted by molar-refractivity contribution is 7.80. The third-order valence-electron chi connectivity index (χ3n) is 3.11. The Hall–Kier alpha value is -2.80. The zero-order valence-electron chi connectivity index (χ0n) is 12.2. The van der Waals surface area contributed by atoms with Crippen molar-refractivity contribution in [3.63, 3.8) is 0 Å². The molecule has 0 aliphatic rings. The van der Waals surface area contributed by atoms with Crippen molar-refractivity contribution in [3.05, 3.63) is 75.8 Å². The van der Waals surface area contributed by atoms with Crippen LogP contribution in [-0.4, -0.2) is 22.5 Å². The summed E-state index contributed by atoms with van der Waals surface area (Å²) in [6, 6.07) is 15.1. The number of rotatable bonds is 5. The van der Waals surface area contributed by atoms with Crippen molar-refractivity contribution in [1.29, 1.82) is 0 Å². The minimum Gasteiger partial charge on any atom is -0.362 e. The van der Waals surface area contributed by atoms with Crippen LogP contribution in [0.2, 0.25) is 0 Å². The summed E-state index contributed by atoms with van der Waals surface area (Å²) >= 11 is 5.07. The van der Waals surface area contributed by atoms with E-state index in [0.29, 0.717) is 18.5 Å². The van der Waals surface area contributed by atoms with Crippen LogP contribution in [0.15, 0.2) is 54.6 Å². The Bertz CT molecular complexity index is 702. The van der Waals surface area contributed by atoms with E-state index in [-0.39, 0.29) is 16.7 Å². The molecule has 2 N–H and O–H groups in total. The lowest BCUT2D eigenvalue weighted by Gasteiger charge is -2.09. The van der Waals surface area contributed by atoms with Crippen LogP contribution in [0.3, 0.4) is 0 Å². The van der Waals surface area contributed by atoms with E-state index in [1.54, 1.807) is 36.4 Å². The molecule has 0 saturated heterocycles. The smallest absolute Gasteiger partial charge is 0.269 e. The molecule has 23 heavy (non-hydrogen) atoms. The van der Waals surface area contributed by atoms with Gasteiger partial charge in [0, 0.05) is 24.2 Å². The summed E-state index contributed by atoms with van der Waals surface area (Å²) in [6.45, 7) is 0.520. The number of thiocarbonyl (C=S) groups is 1. The summed E-state index contributed by atoms with van der Waals surface area (Å²) in [5, 5.41) is 16.4. The van der Waals surface area contributed by atoms with Gasteiger partial charge in [0.2, 0.25) is 0 Å². The van der Waals surface area contributed by atoms with Crippen LogP contribution >= 0.6 is 12.2 Å². The first-order valence-corrected chi connectivity index (χ1v) is 7.34. The summed E-state index contributed by atoms with van der Waals surface area (Å²) in [6.07, 6.45) is 0.638. The van der Waals surface area contributed by atoms with Crippen LogP contribution in [-0.2, 0) is 6.42 Å². The highest BCUT2D eigenvalue weighted by atomic mass is 32.1. The van der Waals surface area contributed by atoms with Gasteiger partial charge in [-0.15, -0.1) is 0 Å². The first kappa shape index (κ1) is 16.6. The standard InChI is InChI=1S/C16H15N3O3S/c20-15(13-4-2-1-3-5-13)18-16(23)17-11-10-12-6-8-14(9-7-12)19(21)22/h1-9H,10-11H2,(H2,17,18,20,23). The molecule has 0 saturated carbocycles. The van der Waals surface area contributed by atoms with Gasteiger partial charge >= 0.3 is 0 Å². The maximum absolute atomic E-state index is 11.9. The van der Waals surface area contributed by atoms with Crippen molar-refractivity contribution < 1.29 is 9.72 Å². The minimum absolute atomic E-state index is 0.0624. The van der Waals surface area contributed by atoms with Crippen molar-refractivity contribution in [1.82, 2.24) is 10.6 Å². The molecule has 0 atom stereocenters. The van der Waals surface area contributed by atoms with Gasteiger partial charge in [-0.1, -0.05) is 30.3 Å². The van der Waals surface area contributed by atoms with E-state index in [1.807, 2.05) is 6.07 Å². The van der Waals surface area contributed by atoms with E-state index in [4.69, 9.17) is 12.2 Å². The summed E-state index contributed by atoms with van der Waals surface area (Å²) in [7, 11) is 0. The molecule has 0 heterocycles. The fourth-order valence-electron chi connectivity index (χ4n) is 1.91. The van der Waals surface area contributed by atoms with Crippen LogP contribution in [0.25, 0.3) is 0 Å². The molecule has 0 spiro atoms. The van der Waals surface area contributed by atoms with Gasteiger partial charge in [0.15, 0.2) is 5.11 Å². The van der Waals surface area contributed by atoms with Crippen LogP contribution in [0.4, 0.5) is 5.69 Å². The number of nitro groups is 1. The number of hydrogen-bond donors (Lipinski definition) is 2. The lowest BCUT2D eigenvalue weighted by Crippen LogP contribution is -2.40. The molecule has 0 unspecified atom stereocenters. The summed E-state index contributed by atoms with van der Waals surface area (Å²) in [5.41, 5.74) is 1.54. The number of carbonyl (C=O) groups excluding carboxylic acids is 1. The average Bonchev–Trinajstić information content (AvgIpc) is 2.56. The van der Waals surface area contributed by atoms with Gasteiger partial charge in [0.25, 0.3) is 11.6 Å². The van der Waals surface area contributed by atoms with Gasteiger partial charge in [-0.2, -0.15) is 0 Å². The molecule has 0 aliphatic carbocycles. The Kier molecular flexibility index (Phi) is 5.76. The molecule has 0 aliphatic heterocycles. The lowest BCUT2D eigenvalue weighted by molar-refractivity contribution is -0.384. The monoisotopic (exact) mass is 329 g/mol. The second-order valence-corrected chi connectivity index (χ2v) is 5.16. The highest BCUT2D eigenvalue weighted by Gasteiger charge is 2.07. The van der Waals surface area contributed by atoms with Gasteiger partial charge in [-0.25, -0.2) is 0 Å². The molecule has 2 aromatic rings. The molecule has 6 nitrogen and oxygen atoms in total. The van der Waals surface area contributed by atoms with Crippen LogP contribution < -0.4 is 10.6 Å². The Morgan fingerprint density at radius 1 is 1.09 bits per heavy atom. The van der Waals surface area contributed by atoms with E-state index < -0.39 is 4.92 Å². The minimum atomic E-state index is -0.434. The molecule has 7 heteroatoms. The van der Waals surface area contributed by atoms with E-state index in [2.05, 4.69) is 10.6 Å². The molecule has 0 bridgehead atoms. The number of amides is 1. The first-order valence-electron chi connectivity index (χ1n) is 6.94. The largest absolute Gasteiger partial charge is 0.362 e. The Balaban J connectivity index is 1.76. The normalized spacial score (nSPS) is 9.91. The second kappa shape index (κ2) is 8.00. The van der Waals surface area contributed by atoms with Crippen molar-refractivity contribution in [3.8, 4) is 0 Å². The Morgan fingerprint density at radius 3 is 2.35 bits per heavy atom. The molecule has 118 valence electrons. The van der Waals surface area contributed by atoms with Crippen molar-refractivity contribution in [2.45, 2.75) is 6.42 Å². The van der Waals surface area contributed by atoms with Gasteiger partial charge in [-0.3, -0.25) is 20.2 Å². The van der Waals surface area contributed by atoms with Gasteiger partial charge in [-0.05, 0) is 36.3 Å². The third-order valence-corrected chi connectivity index (χ3v) is 3.36. The number of nitro benzene ring substituents is 1. The van der Waals surface area contributed by atoms with Gasteiger partial charge < -0.3 is 5.32 Å². The molecular formula is C16H15N3O3S. The summed E-state index contributed by atoms with van der Waals surface area (Å²) < 4.78 is 0. The molecule has 0 aromatic heterocycles. The zero-order chi connectivity index (χ0) is 16.7. The molecule has 0 radical (unpaired) electrons. The molecular weight excluding hydrogens is 314 g/mol. The number of non-ortho nitro benzene ring substituents is 1. The number of carbonyl (C=O) groups is 1. The third kappa shape index (κ3) is 5.15. The second-order valence-electron chi connectivity index (χ2n) is 4.75. The van der Waals surface area contributed by atoms with Crippen LogP contribution in [0.1, 0.15) is 15.9 Å². The fourth-order valence-corrected chi connectivity index (χ4v) is 2.11. The number of nitrogens with one attached hydrogen (secondary N) is 2. The topological polar surface area (TPSA) is 84.3 Å². The van der Waals surface area contributed by atoms with E-state index in [1.165, 1.54) is 12.1 Å². The van der Waals surface area contributed by atoms with Gasteiger partial charge in [0.05, 0.1) is 4.92 Å². The number of benzene rings is 2. The fraction of sp³-hybridized carbons (Fsp3) is 0.125. The van der Waals surface area contributed by atoms with Crippen molar-refractivity contribution in [2.24, 2.45) is 0 Å². The van der Waals surface area contributed by atoms with Crippen LogP contribution in [0, 0.1) is 10.1 Å². The maximum Gasteiger partial charge on any atom is 0.269 e. The van der Waals surface area contributed by atoms with Crippen molar-refractivity contribution in [2.75, 3.05) is 6.54 Å². The maximum atomic E-state index is 11.9. The molecule has 2 aromatic carbocycles. The molecule has 0 fully saturated rings. The summed E-state index contributed by atoms with van der Waals surface area (Å²) in [5.74, 6) is -0.265. The number of nitrogens with zero attached hydrogens (tertiary/aromatic N) is 1. The average molecular weight is 329 g/mol. The highest BCUT2D eigenvalue weighted by Crippen LogP contribution is 2.11. The lowest BCUT2D eigenvalue weighted by atomic mass is 10.1. The summed E-state index contributed by atoms with van der Waals surface area (Å²) in [4.78, 5) is 22.0. The van der Waals surface area contributed by atoms with Gasteiger partial charge in [0.1, 0.15) is 0 Å². The van der Waals surface area contributed by atoms with E-state index in [9.17, 15) is 14.9 Å². The number of hydrogen-bond acceptors (Lipinski definition) is 4. The van der Waals surface area contributed by atoms with E-state index >= 15 is 0 Å². The Morgan fingerprint density at radius 2 is 1.74 bits per heavy atom.